The van der Waals surface area contributed by atoms with Crippen molar-refractivity contribution >= 4 is 13.7 Å². The Morgan fingerprint density at radius 1 is 0.636 bits per heavy atom. The molecule has 0 saturated heterocycles. The van der Waals surface area contributed by atoms with Crippen LogP contribution >= 0.6 is 7.82 Å². The summed E-state index contributed by atoms with van der Waals surface area (Å²) >= 11 is 0. The molecule has 0 aliphatic rings. The molecule has 322 valence electrons. The Morgan fingerprint density at radius 2 is 1.07 bits per heavy atom. The van der Waals surface area contributed by atoms with E-state index in [-0.39, 0.29) is 12.5 Å². The molecule has 0 aliphatic heterocycles. The van der Waals surface area contributed by atoms with Crippen LogP contribution in [0.4, 0.5) is 0 Å². The fourth-order valence-electron chi connectivity index (χ4n) is 6.16. The highest BCUT2D eigenvalue weighted by Gasteiger charge is 2.23. The van der Waals surface area contributed by atoms with E-state index in [1.54, 1.807) is 6.08 Å². The van der Waals surface area contributed by atoms with E-state index in [4.69, 9.17) is 9.05 Å². The van der Waals surface area contributed by atoms with E-state index in [0.717, 1.165) is 57.8 Å². The first-order valence-corrected chi connectivity index (χ1v) is 24.0. The summed E-state index contributed by atoms with van der Waals surface area (Å²) in [5.41, 5.74) is 0. The molecule has 0 spiro atoms. The van der Waals surface area contributed by atoms with Crippen molar-refractivity contribution in [2.75, 3.05) is 40.9 Å². The summed E-state index contributed by atoms with van der Waals surface area (Å²) in [4.78, 5) is 25.3. The second-order valence-corrected chi connectivity index (χ2v) is 17.8. The Hall–Kier alpha value is -1.54. The van der Waals surface area contributed by atoms with Crippen molar-refractivity contribution in [1.29, 1.82) is 0 Å². The van der Waals surface area contributed by atoms with Gasteiger partial charge in [0.15, 0.2) is 0 Å². The number of aliphatic hydroxyl groups excluding tert-OH is 1. The van der Waals surface area contributed by atoms with E-state index >= 15 is 0 Å². The highest BCUT2D eigenvalue weighted by molar-refractivity contribution is 7.45. The average molecular weight is 795 g/mol. The highest BCUT2D eigenvalue weighted by atomic mass is 31.2. The van der Waals surface area contributed by atoms with Gasteiger partial charge in [-0.1, -0.05) is 172 Å². The number of allylic oxidation sites excluding steroid dienone is 7. The van der Waals surface area contributed by atoms with Gasteiger partial charge in [-0.2, -0.15) is 0 Å². The number of carbonyl (C=O) groups excluding carboxylic acids is 1. The van der Waals surface area contributed by atoms with Crippen molar-refractivity contribution in [2.45, 2.75) is 199 Å². The van der Waals surface area contributed by atoms with Crippen LogP contribution in [0.1, 0.15) is 187 Å². The molecular weight excluding hydrogens is 707 g/mol. The maximum absolute atomic E-state index is 12.8. The van der Waals surface area contributed by atoms with E-state index in [1.807, 2.05) is 27.2 Å². The summed E-state index contributed by atoms with van der Waals surface area (Å²) < 4.78 is 23.2. The van der Waals surface area contributed by atoms with Gasteiger partial charge in [0.1, 0.15) is 13.2 Å². The van der Waals surface area contributed by atoms with E-state index in [9.17, 15) is 19.4 Å². The normalized spacial score (nSPS) is 14.8. The van der Waals surface area contributed by atoms with Gasteiger partial charge in [-0.3, -0.25) is 9.36 Å². The molecule has 3 unspecified atom stereocenters. The zero-order valence-corrected chi connectivity index (χ0v) is 37.3. The number of carbonyl (C=O) groups is 1. The van der Waals surface area contributed by atoms with Crippen LogP contribution in [-0.4, -0.2) is 68.5 Å². The number of hydrogen-bond donors (Lipinski definition) is 2. The maximum atomic E-state index is 12.8. The van der Waals surface area contributed by atoms with Gasteiger partial charge in [-0.05, 0) is 57.8 Å². The molecule has 2 N–H and O–H groups in total. The summed E-state index contributed by atoms with van der Waals surface area (Å²) in [7, 11) is 1.23. The first-order chi connectivity index (χ1) is 26.5. The second-order valence-electron chi connectivity index (χ2n) is 16.4. The molecule has 0 heterocycles. The molecule has 55 heavy (non-hydrogen) atoms. The van der Waals surface area contributed by atoms with Crippen molar-refractivity contribution in [3.05, 3.63) is 48.6 Å². The summed E-state index contributed by atoms with van der Waals surface area (Å²) in [5.74, 6) is -0.221. The number of hydrogen-bond acceptors (Lipinski definition) is 6. The van der Waals surface area contributed by atoms with Crippen molar-refractivity contribution in [2.24, 2.45) is 0 Å². The van der Waals surface area contributed by atoms with Gasteiger partial charge in [0.05, 0.1) is 39.9 Å². The fraction of sp³-hybridized carbons (Fsp3) is 0.804. The Bertz CT molecular complexity index is 1040. The zero-order chi connectivity index (χ0) is 40.7. The van der Waals surface area contributed by atoms with Crippen LogP contribution in [0, 0.1) is 0 Å². The first kappa shape index (κ1) is 53.5. The van der Waals surface area contributed by atoms with Crippen molar-refractivity contribution < 1.29 is 32.9 Å². The second kappa shape index (κ2) is 38.0. The number of phosphoric acid groups is 1. The van der Waals surface area contributed by atoms with Gasteiger partial charge in [0.2, 0.25) is 5.91 Å². The summed E-state index contributed by atoms with van der Waals surface area (Å²) in [6, 6.07) is -0.909. The summed E-state index contributed by atoms with van der Waals surface area (Å²) in [6.07, 6.45) is 47.3. The molecule has 0 bridgehead atoms. The van der Waals surface area contributed by atoms with Gasteiger partial charge >= 0.3 is 0 Å². The van der Waals surface area contributed by atoms with Crippen molar-refractivity contribution in [3.8, 4) is 0 Å². The number of unbranched alkanes of at least 4 members (excludes halogenated alkanes) is 22. The van der Waals surface area contributed by atoms with Crippen molar-refractivity contribution in [1.82, 2.24) is 5.32 Å². The lowest BCUT2D eigenvalue weighted by Gasteiger charge is -2.29. The Labute approximate surface area is 339 Å². The third-order valence-corrected chi connectivity index (χ3v) is 10.8. The zero-order valence-electron chi connectivity index (χ0n) is 36.4. The van der Waals surface area contributed by atoms with Crippen LogP contribution < -0.4 is 10.2 Å². The highest BCUT2D eigenvalue weighted by Crippen LogP contribution is 2.38. The van der Waals surface area contributed by atoms with Gasteiger partial charge in [0, 0.05) is 6.42 Å². The number of aliphatic hydroxyl groups is 1. The van der Waals surface area contributed by atoms with E-state index in [0.29, 0.717) is 17.4 Å². The molecule has 3 atom stereocenters. The third kappa shape index (κ3) is 40.5. The summed E-state index contributed by atoms with van der Waals surface area (Å²) in [5, 5.41) is 13.8. The molecule has 0 aliphatic carbocycles. The predicted molar refractivity (Wildman–Crippen MR) is 233 cm³/mol. The average Bonchev–Trinajstić information content (AvgIpc) is 3.13. The lowest BCUT2D eigenvalue weighted by atomic mass is 10.0. The monoisotopic (exact) mass is 795 g/mol. The standard InChI is InChI=1S/C46H87N2O6P/c1-6-8-10-12-14-16-18-20-22-23-24-26-27-29-31-33-35-37-39-45(49)44(43-54-55(51,52)53-42-41-48(3,4)5)47-46(50)40-38-36-34-32-30-28-25-21-19-17-15-13-11-9-7-2/h15,17,19,21,29,31,37,39,44-45,49H,6-14,16,18,20,22-28,30,32-36,38,40-43H2,1-5H3,(H-,47,50,51,52)/b17-15-,21-19-,31-29+,39-37+. The molecule has 8 nitrogen and oxygen atoms in total. The van der Waals surface area contributed by atoms with Gasteiger partial charge in [-0.25, -0.2) is 0 Å². The Morgan fingerprint density at radius 3 is 1.62 bits per heavy atom. The minimum absolute atomic E-state index is 0.0101. The molecule has 0 aromatic heterocycles. The number of nitrogens with one attached hydrogen (secondary N) is 1. The topological polar surface area (TPSA) is 108 Å². The lowest BCUT2D eigenvalue weighted by Crippen LogP contribution is -2.45. The summed E-state index contributed by atoms with van der Waals surface area (Å²) in [6.45, 7) is 4.58. The number of amides is 1. The first-order valence-electron chi connectivity index (χ1n) is 22.5. The molecule has 0 aromatic rings. The minimum Gasteiger partial charge on any atom is -0.756 e. The number of phosphoric ester groups is 1. The number of likely N-dealkylation sites (N-methyl/N-ethyl adjacent to an activating group) is 1. The molecule has 0 fully saturated rings. The number of rotatable bonds is 40. The predicted octanol–water partition coefficient (Wildman–Crippen LogP) is 11.8. The largest absolute Gasteiger partial charge is 0.756 e. The van der Waals surface area contributed by atoms with Gasteiger partial charge in [-0.15, -0.1) is 0 Å². The van der Waals surface area contributed by atoms with Crippen LogP contribution in [0.15, 0.2) is 48.6 Å². The number of quaternary nitrogens is 1. The molecule has 9 heteroatoms. The van der Waals surface area contributed by atoms with Crippen LogP contribution in [0.3, 0.4) is 0 Å². The van der Waals surface area contributed by atoms with Crippen LogP contribution in [-0.2, 0) is 18.4 Å². The molecule has 0 rings (SSSR count). The Kier molecular flexibility index (Phi) is 36.9. The molecule has 0 radical (unpaired) electrons. The van der Waals surface area contributed by atoms with Gasteiger partial charge in [0.25, 0.3) is 7.82 Å². The SMILES string of the molecule is CCCCC/C=C\C=C/CCCCCCCCC(=O)NC(COP(=O)([O-])OCC[N+](C)(C)C)C(O)/C=C/CC/C=C/CCCCCCCCCCCCCC. The minimum atomic E-state index is -4.60. The van der Waals surface area contributed by atoms with Crippen molar-refractivity contribution in [3.63, 3.8) is 0 Å². The fourth-order valence-corrected chi connectivity index (χ4v) is 6.88. The lowest BCUT2D eigenvalue weighted by molar-refractivity contribution is -0.870. The van der Waals surface area contributed by atoms with E-state index in [2.05, 4.69) is 55.6 Å². The van der Waals surface area contributed by atoms with E-state index in [1.165, 1.54) is 109 Å². The van der Waals surface area contributed by atoms with Gasteiger partial charge < -0.3 is 28.8 Å². The molecule has 0 saturated carbocycles. The van der Waals surface area contributed by atoms with Crippen LogP contribution in [0.25, 0.3) is 0 Å². The van der Waals surface area contributed by atoms with E-state index < -0.39 is 26.6 Å². The number of nitrogens with zero attached hydrogens (tertiary/aromatic N) is 1. The van der Waals surface area contributed by atoms with Crippen LogP contribution in [0.2, 0.25) is 0 Å². The quantitative estimate of drug-likeness (QED) is 0.0210. The molecular formula is C46H87N2O6P. The van der Waals surface area contributed by atoms with Crippen LogP contribution in [0.5, 0.6) is 0 Å². The maximum Gasteiger partial charge on any atom is 0.268 e. The third-order valence-electron chi connectivity index (χ3n) is 9.79. The molecule has 0 aromatic carbocycles. The Balaban J connectivity index is 4.50. The molecule has 1 amide bonds. The smallest absolute Gasteiger partial charge is 0.268 e.